The van der Waals surface area contributed by atoms with Gasteiger partial charge < -0.3 is 14.5 Å². The predicted molar refractivity (Wildman–Crippen MR) is 88.0 cm³/mol. The molecule has 1 aromatic heterocycles. The molecule has 1 heterocycles. The fourth-order valence-electron chi connectivity index (χ4n) is 2.06. The summed E-state index contributed by atoms with van der Waals surface area (Å²) in [6.07, 6.45) is 0. The quantitative estimate of drug-likeness (QED) is 0.732. The molecule has 0 aliphatic rings. The summed E-state index contributed by atoms with van der Waals surface area (Å²) in [5.41, 5.74) is 0.182. The molecule has 0 unspecified atom stereocenters. The first-order valence-corrected chi connectivity index (χ1v) is 7.31. The number of fused-ring (bicyclic) bond motifs is 1. The van der Waals surface area contributed by atoms with E-state index in [-0.39, 0.29) is 17.3 Å². The maximum Gasteiger partial charge on any atom is 0.336 e. The minimum atomic E-state index is -0.494. The van der Waals surface area contributed by atoms with Crippen LogP contribution in [0.2, 0.25) is 5.02 Å². The Bertz CT molecular complexity index is 970. The fraction of sp³-hybridized carbons (Fsp3) is 0.0588. The topological polar surface area (TPSA) is 68.5 Å². The number of hydrogen-bond acceptors (Lipinski definition) is 4. The smallest absolute Gasteiger partial charge is 0.336 e. The molecule has 0 aliphatic heterocycles. The highest BCUT2D eigenvalue weighted by Crippen LogP contribution is 2.23. The first-order valence-electron chi connectivity index (χ1n) is 6.93. The van der Waals surface area contributed by atoms with Crippen LogP contribution >= 0.6 is 11.6 Å². The third-order valence-corrected chi connectivity index (χ3v) is 3.48. The van der Waals surface area contributed by atoms with Crippen LogP contribution in [0.1, 0.15) is 0 Å². The fourth-order valence-corrected chi connectivity index (χ4v) is 2.27. The molecule has 3 rings (SSSR count). The third kappa shape index (κ3) is 3.72. The van der Waals surface area contributed by atoms with Crippen molar-refractivity contribution in [2.75, 3.05) is 11.9 Å². The van der Waals surface area contributed by atoms with Gasteiger partial charge in [0.05, 0.1) is 10.7 Å². The molecular formula is C17H11ClFNO4. The molecule has 1 N–H and O–H groups in total. The summed E-state index contributed by atoms with van der Waals surface area (Å²) in [6, 6.07) is 11.5. The molecule has 0 aliphatic carbocycles. The molecule has 0 saturated carbocycles. The minimum absolute atomic E-state index is 0.0934. The molecule has 24 heavy (non-hydrogen) atoms. The summed E-state index contributed by atoms with van der Waals surface area (Å²) in [5, 5.41) is 3.35. The Balaban J connectivity index is 1.66. The van der Waals surface area contributed by atoms with Gasteiger partial charge in [-0.05, 0) is 36.4 Å². The number of benzene rings is 2. The van der Waals surface area contributed by atoms with Crippen molar-refractivity contribution < 1.29 is 18.3 Å². The molecule has 0 atom stereocenters. The van der Waals surface area contributed by atoms with Crippen LogP contribution in [0.15, 0.2) is 57.7 Å². The van der Waals surface area contributed by atoms with Gasteiger partial charge in [0.15, 0.2) is 6.61 Å². The molecule has 0 spiro atoms. The molecule has 0 fully saturated rings. The Hall–Kier alpha value is -2.86. The van der Waals surface area contributed by atoms with E-state index in [4.69, 9.17) is 20.8 Å². The predicted octanol–water partition coefficient (Wildman–Crippen LogP) is 3.60. The third-order valence-electron chi connectivity index (χ3n) is 3.17. The highest BCUT2D eigenvalue weighted by atomic mass is 35.5. The second-order valence-electron chi connectivity index (χ2n) is 4.92. The van der Waals surface area contributed by atoms with Crippen molar-refractivity contribution in [2.24, 2.45) is 0 Å². The molecule has 7 heteroatoms. The van der Waals surface area contributed by atoms with Gasteiger partial charge in [-0.25, -0.2) is 9.18 Å². The Morgan fingerprint density at radius 2 is 1.96 bits per heavy atom. The lowest BCUT2D eigenvalue weighted by molar-refractivity contribution is -0.118. The number of nitrogens with one attached hydrogen (secondary N) is 1. The second kappa shape index (κ2) is 6.72. The van der Waals surface area contributed by atoms with Crippen LogP contribution in [0.5, 0.6) is 5.75 Å². The molecule has 1 amide bonds. The normalized spacial score (nSPS) is 10.6. The number of ether oxygens (including phenoxy) is 1. The van der Waals surface area contributed by atoms with E-state index in [1.807, 2.05) is 0 Å². The Morgan fingerprint density at radius 1 is 1.17 bits per heavy atom. The summed E-state index contributed by atoms with van der Waals surface area (Å²) < 4.78 is 23.4. The van der Waals surface area contributed by atoms with Crippen LogP contribution in [0.3, 0.4) is 0 Å². The van der Waals surface area contributed by atoms with Gasteiger partial charge in [-0.1, -0.05) is 11.6 Å². The lowest BCUT2D eigenvalue weighted by Gasteiger charge is -2.09. The van der Waals surface area contributed by atoms with Crippen molar-refractivity contribution in [3.05, 3.63) is 69.8 Å². The number of amides is 1. The first kappa shape index (κ1) is 16.0. The maximum absolute atomic E-state index is 13.0. The highest BCUT2D eigenvalue weighted by molar-refractivity contribution is 6.33. The molecule has 2 aromatic carbocycles. The number of hydrogen-bond donors (Lipinski definition) is 1. The van der Waals surface area contributed by atoms with Crippen molar-refractivity contribution in [1.82, 2.24) is 0 Å². The number of halogens is 2. The highest BCUT2D eigenvalue weighted by Gasteiger charge is 2.08. The lowest BCUT2D eigenvalue weighted by Crippen LogP contribution is -2.20. The standard InChI is InChI=1S/C17H11ClFNO4/c18-13-7-11(19)3-5-14(13)20-16(21)9-23-12-4-1-10-2-6-17(22)24-15(10)8-12/h1-8H,9H2,(H,20,21). The van der Waals surface area contributed by atoms with Crippen LogP contribution in [0.4, 0.5) is 10.1 Å². The monoisotopic (exact) mass is 347 g/mol. The molecule has 3 aromatic rings. The van der Waals surface area contributed by atoms with Gasteiger partial charge in [-0.3, -0.25) is 4.79 Å². The molecule has 122 valence electrons. The summed E-state index contributed by atoms with van der Waals surface area (Å²) in [7, 11) is 0. The van der Waals surface area contributed by atoms with E-state index in [2.05, 4.69) is 5.32 Å². The van der Waals surface area contributed by atoms with Crippen LogP contribution in [0.25, 0.3) is 11.0 Å². The van der Waals surface area contributed by atoms with Crippen LogP contribution < -0.4 is 15.7 Å². The zero-order chi connectivity index (χ0) is 17.1. The Labute approximate surface area is 140 Å². The average molecular weight is 348 g/mol. The number of carbonyl (C=O) groups is 1. The average Bonchev–Trinajstić information content (AvgIpc) is 2.55. The Kier molecular flexibility index (Phi) is 4.48. The van der Waals surface area contributed by atoms with Crippen LogP contribution in [0, 0.1) is 5.82 Å². The molecule has 0 saturated heterocycles. The van der Waals surface area contributed by atoms with Gasteiger partial charge in [0, 0.05) is 17.5 Å². The summed E-state index contributed by atoms with van der Waals surface area (Å²) in [5.74, 6) is -0.581. The molecule has 0 bridgehead atoms. The van der Waals surface area contributed by atoms with E-state index >= 15 is 0 Å². The van der Waals surface area contributed by atoms with E-state index in [0.29, 0.717) is 11.3 Å². The number of rotatable bonds is 4. The van der Waals surface area contributed by atoms with Gasteiger partial charge in [0.25, 0.3) is 5.91 Å². The minimum Gasteiger partial charge on any atom is -0.484 e. The summed E-state index contributed by atoms with van der Waals surface area (Å²) in [4.78, 5) is 23.1. The van der Waals surface area contributed by atoms with E-state index < -0.39 is 17.3 Å². The SMILES string of the molecule is O=C(COc1ccc2ccc(=O)oc2c1)Nc1ccc(F)cc1Cl. The van der Waals surface area contributed by atoms with Crippen molar-refractivity contribution in [2.45, 2.75) is 0 Å². The van der Waals surface area contributed by atoms with Crippen molar-refractivity contribution in [3.8, 4) is 5.75 Å². The largest absolute Gasteiger partial charge is 0.484 e. The summed E-state index contributed by atoms with van der Waals surface area (Å²) in [6.45, 7) is -0.281. The zero-order valence-electron chi connectivity index (χ0n) is 12.2. The maximum atomic E-state index is 13.0. The van der Waals surface area contributed by atoms with E-state index in [1.165, 1.54) is 24.3 Å². The van der Waals surface area contributed by atoms with Crippen molar-refractivity contribution in [1.29, 1.82) is 0 Å². The number of anilines is 1. The van der Waals surface area contributed by atoms with Crippen molar-refractivity contribution >= 4 is 34.2 Å². The van der Waals surface area contributed by atoms with E-state index in [9.17, 15) is 14.0 Å². The van der Waals surface area contributed by atoms with Gasteiger partial charge in [0.2, 0.25) is 0 Å². The van der Waals surface area contributed by atoms with Crippen LogP contribution in [-0.2, 0) is 4.79 Å². The zero-order valence-corrected chi connectivity index (χ0v) is 13.0. The lowest BCUT2D eigenvalue weighted by atomic mass is 10.2. The second-order valence-corrected chi connectivity index (χ2v) is 5.32. The number of carbonyl (C=O) groups excluding carboxylic acids is 1. The first-order chi connectivity index (χ1) is 11.5. The molecule has 0 radical (unpaired) electrons. The van der Waals surface area contributed by atoms with Gasteiger partial charge in [-0.15, -0.1) is 0 Å². The Morgan fingerprint density at radius 3 is 2.75 bits per heavy atom. The summed E-state index contributed by atoms with van der Waals surface area (Å²) >= 11 is 5.83. The van der Waals surface area contributed by atoms with E-state index in [1.54, 1.807) is 18.2 Å². The van der Waals surface area contributed by atoms with E-state index in [0.717, 1.165) is 11.5 Å². The van der Waals surface area contributed by atoms with Gasteiger partial charge in [-0.2, -0.15) is 0 Å². The molecular weight excluding hydrogens is 337 g/mol. The van der Waals surface area contributed by atoms with Crippen LogP contribution in [-0.4, -0.2) is 12.5 Å². The van der Waals surface area contributed by atoms with Gasteiger partial charge in [0.1, 0.15) is 17.1 Å². The van der Waals surface area contributed by atoms with Gasteiger partial charge >= 0.3 is 5.63 Å². The van der Waals surface area contributed by atoms with Crippen molar-refractivity contribution in [3.63, 3.8) is 0 Å². The molecule has 5 nitrogen and oxygen atoms in total.